The molecule has 1 N–H and O–H groups in total. The van der Waals surface area contributed by atoms with Crippen LogP contribution in [0.4, 0.5) is 10.5 Å². The van der Waals surface area contributed by atoms with E-state index in [2.05, 4.69) is 10.5 Å². The number of likely N-dealkylation sites (tertiary alicyclic amines) is 1. The number of benzene rings is 1. The van der Waals surface area contributed by atoms with Gasteiger partial charge in [-0.2, -0.15) is 0 Å². The van der Waals surface area contributed by atoms with Crippen molar-refractivity contribution in [3.63, 3.8) is 0 Å². The van der Waals surface area contributed by atoms with Crippen LogP contribution in [-0.4, -0.2) is 22.6 Å². The molecule has 1 atom stereocenters. The summed E-state index contributed by atoms with van der Waals surface area (Å²) in [5.74, 6) is 0.743. The maximum absolute atomic E-state index is 12.5. The van der Waals surface area contributed by atoms with Crippen molar-refractivity contribution in [2.24, 2.45) is 0 Å². The van der Waals surface area contributed by atoms with Gasteiger partial charge >= 0.3 is 6.03 Å². The molecule has 3 rings (SSSR count). The Morgan fingerprint density at radius 3 is 2.91 bits per heavy atom. The van der Waals surface area contributed by atoms with Crippen molar-refractivity contribution in [1.29, 1.82) is 0 Å². The fourth-order valence-electron chi connectivity index (χ4n) is 2.71. The average Bonchev–Trinajstić information content (AvgIpc) is 3.11. The van der Waals surface area contributed by atoms with Crippen LogP contribution in [-0.2, 0) is 0 Å². The van der Waals surface area contributed by atoms with Gasteiger partial charge in [0.15, 0.2) is 5.76 Å². The highest BCUT2D eigenvalue weighted by molar-refractivity contribution is 6.31. The molecule has 1 aromatic heterocycles. The van der Waals surface area contributed by atoms with Gasteiger partial charge in [0.05, 0.1) is 11.7 Å². The number of hydrogen-bond acceptors (Lipinski definition) is 3. The van der Waals surface area contributed by atoms with E-state index < -0.39 is 0 Å². The summed E-state index contributed by atoms with van der Waals surface area (Å²) in [5.41, 5.74) is 2.50. The Balaban J connectivity index is 1.74. The van der Waals surface area contributed by atoms with E-state index in [0.29, 0.717) is 17.3 Å². The second-order valence-corrected chi connectivity index (χ2v) is 6.02. The van der Waals surface area contributed by atoms with Gasteiger partial charge in [0.25, 0.3) is 0 Å². The van der Waals surface area contributed by atoms with Gasteiger partial charge in [-0.15, -0.1) is 0 Å². The molecule has 116 valence electrons. The van der Waals surface area contributed by atoms with Crippen molar-refractivity contribution in [1.82, 2.24) is 10.1 Å². The highest BCUT2D eigenvalue weighted by Crippen LogP contribution is 2.33. The van der Waals surface area contributed by atoms with Crippen LogP contribution in [0.3, 0.4) is 0 Å². The van der Waals surface area contributed by atoms with E-state index >= 15 is 0 Å². The number of aromatic nitrogens is 1. The minimum absolute atomic E-state index is 0.0536. The standard InChI is InChI=1S/C16H18ClN3O2/c1-10-5-6-12(9-13(10)17)18-16(21)20-7-3-4-14(20)15-8-11(2)19-22-15/h5-6,8-9,14H,3-4,7H2,1-2H3,(H,18,21)/t14-/m0/s1. The molecular weight excluding hydrogens is 302 g/mol. The molecule has 22 heavy (non-hydrogen) atoms. The lowest BCUT2D eigenvalue weighted by molar-refractivity contribution is 0.195. The lowest BCUT2D eigenvalue weighted by Crippen LogP contribution is -2.34. The summed E-state index contributed by atoms with van der Waals surface area (Å²) in [7, 11) is 0. The summed E-state index contributed by atoms with van der Waals surface area (Å²) >= 11 is 6.10. The number of anilines is 1. The number of hydrogen-bond donors (Lipinski definition) is 1. The first kappa shape index (κ1) is 14.9. The van der Waals surface area contributed by atoms with Crippen molar-refractivity contribution < 1.29 is 9.32 Å². The molecule has 2 heterocycles. The maximum Gasteiger partial charge on any atom is 0.322 e. The molecule has 0 bridgehead atoms. The smallest absolute Gasteiger partial charge is 0.322 e. The number of carbonyl (C=O) groups excluding carboxylic acids is 1. The largest absolute Gasteiger partial charge is 0.359 e. The van der Waals surface area contributed by atoms with Gasteiger partial charge in [0.2, 0.25) is 0 Å². The van der Waals surface area contributed by atoms with Crippen LogP contribution in [0.1, 0.15) is 35.9 Å². The van der Waals surface area contributed by atoms with Gasteiger partial charge in [-0.05, 0) is 44.4 Å². The minimum Gasteiger partial charge on any atom is -0.359 e. The zero-order valence-corrected chi connectivity index (χ0v) is 13.4. The fourth-order valence-corrected chi connectivity index (χ4v) is 2.89. The second kappa shape index (κ2) is 6.01. The number of urea groups is 1. The zero-order valence-electron chi connectivity index (χ0n) is 12.6. The van der Waals surface area contributed by atoms with Crippen molar-refractivity contribution in [3.8, 4) is 0 Å². The van der Waals surface area contributed by atoms with Crippen LogP contribution in [0, 0.1) is 13.8 Å². The molecule has 1 saturated heterocycles. The zero-order chi connectivity index (χ0) is 15.7. The third kappa shape index (κ3) is 2.95. The first-order valence-electron chi connectivity index (χ1n) is 7.31. The number of carbonyl (C=O) groups is 1. The van der Waals surface area contributed by atoms with E-state index in [4.69, 9.17) is 16.1 Å². The predicted molar refractivity (Wildman–Crippen MR) is 85.1 cm³/mol. The second-order valence-electron chi connectivity index (χ2n) is 5.62. The van der Waals surface area contributed by atoms with E-state index in [1.54, 1.807) is 11.0 Å². The molecule has 1 aliphatic rings. The lowest BCUT2D eigenvalue weighted by atomic mass is 10.1. The van der Waals surface area contributed by atoms with Crippen molar-refractivity contribution in [2.45, 2.75) is 32.7 Å². The third-order valence-corrected chi connectivity index (χ3v) is 4.32. The Morgan fingerprint density at radius 1 is 1.41 bits per heavy atom. The predicted octanol–water partition coefficient (Wildman–Crippen LogP) is 4.31. The number of halogens is 1. The number of aryl methyl sites for hydroxylation is 2. The Hall–Kier alpha value is -2.01. The molecule has 0 unspecified atom stereocenters. The lowest BCUT2D eigenvalue weighted by Gasteiger charge is -2.23. The molecule has 1 aliphatic heterocycles. The van der Waals surface area contributed by atoms with Crippen LogP contribution in [0.15, 0.2) is 28.8 Å². The summed E-state index contributed by atoms with van der Waals surface area (Å²) in [6, 6.07) is 7.19. The molecule has 0 radical (unpaired) electrons. The Labute approximate surface area is 134 Å². The first-order chi connectivity index (χ1) is 10.5. The number of amides is 2. The van der Waals surface area contributed by atoms with Crippen molar-refractivity contribution in [2.75, 3.05) is 11.9 Å². The molecule has 2 aromatic rings. The maximum atomic E-state index is 12.5. The number of nitrogens with zero attached hydrogens (tertiary/aromatic N) is 2. The van der Waals surface area contributed by atoms with E-state index in [1.165, 1.54) is 0 Å². The van der Waals surface area contributed by atoms with Crippen LogP contribution in [0.5, 0.6) is 0 Å². The monoisotopic (exact) mass is 319 g/mol. The van der Waals surface area contributed by atoms with E-state index in [1.807, 2.05) is 32.0 Å². The fraction of sp³-hybridized carbons (Fsp3) is 0.375. The normalized spacial score (nSPS) is 17.8. The topological polar surface area (TPSA) is 58.4 Å². The molecule has 0 aliphatic carbocycles. The first-order valence-corrected chi connectivity index (χ1v) is 7.69. The van der Waals surface area contributed by atoms with Crippen molar-refractivity contribution >= 4 is 23.3 Å². The molecular formula is C16H18ClN3O2. The summed E-state index contributed by atoms with van der Waals surface area (Å²) < 4.78 is 5.32. The summed E-state index contributed by atoms with van der Waals surface area (Å²) in [6.07, 6.45) is 1.84. The molecule has 6 heteroatoms. The van der Waals surface area contributed by atoms with E-state index in [0.717, 1.165) is 29.9 Å². The van der Waals surface area contributed by atoms with Gasteiger partial charge in [-0.3, -0.25) is 0 Å². The third-order valence-electron chi connectivity index (χ3n) is 3.91. The SMILES string of the molecule is Cc1cc([C@@H]2CCCN2C(=O)Nc2ccc(C)c(Cl)c2)on1. The van der Waals surface area contributed by atoms with Crippen LogP contribution in [0.25, 0.3) is 0 Å². The molecule has 5 nitrogen and oxygen atoms in total. The van der Waals surface area contributed by atoms with Gasteiger partial charge < -0.3 is 14.7 Å². The summed E-state index contributed by atoms with van der Waals surface area (Å²) in [4.78, 5) is 14.3. The van der Waals surface area contributed by atoms with E-state index in [9.17, 15) is 4.79 Å². The van der Waals surface area contributed by atoms with Crippen molar-refractivity contribution in [3.05, 3.63) is 46.3 Å². The van der Waals surface area contributed by atoms with Gasteiger partial charge in [-0.25, -0.2) is 4.79 Å². The van der Waals surface area contributed by atoms with Crippen LogP contribution < -0.4 is 5.32 Å². The number of nitrogens with one attached hydrogen (secondary N) is 1. The molecule has 2 amide bonds. The highest BCUT2D eigenvalue weighted by atomic mass is 35.5. The molecule has 1 aromatic carbocycles. The van der Waals surface area contributed by atoms with Crippen LogP contribution in [0.2, 0.25) is 5.02 Å². The molecule has 0 saturated carbocycles. The Morgan fingerprint density at radius 2 is 2.23 bits per heavy atom. The van der Waals surface area contributed by atoms with Gasteiger partial charge in [0.1, 0.15) is 0 Å². The number of rotatable bonds is 2. The minimum atomic E-state index is -0.142. The quantitative estimate of drug-likeness (QED) is 0.897. The van der Waals surface area contributed by atoms with Gasteiger partial charge in [-0.1, -0.05) is 22.8 Å². The van der Waals surface area contributed by atoms with Crippen LogP contribution >= 0.6 is 11.6 Å². The molecule has 0 spiro atoms. The Kier molecular flexibility index (Phi) is 4.07. The Bertz CT molecular complexity index is 698. The van der Waals surface area contributed by atoms with Gasteiger partial charge in [0, 0.05) is 23.3 Å². The summed E-state index contributed by atoms with van der Waals surface area (Å²) in [6.45, 7) is 4.51. The summed E-state index contributed by atoms with van der Waals surface area (Å²) in [5, 5.41) is 7.45. The molecule has 1 fully saturated rings. The van der Waals surface area contributed by atoms with E-state index in [-0.39, 0.29) is 12.1 Å². The average molecular weight is 320 g/mol. The highest BCUT2D eigenvalue weighted by Gasteiger charge is 2.32.